The highest BCUT2D eigenvalue weighted by Crippen LogP contribution is 2.27. The average molecular weight is 309 g/mol. The van der Waals surface area contributed by atoms with Crippen molar-refractivity contribution < 1.29 is 0 Å². The van der Waals surface area contributed by atoms with Crippen LogP contribution in [0, 0.1) is 0 Å². The molecule has 1 N–H and O–H groups in total. The van der Waals surface area contributed by atoms with Crippen molar-refractivity contribution in [1.82, 2.24) is 0 Å². The van der Waals surface area contributed by atoms with Crippen LogP contribution in [0.25, 0.3) is 0 Å². The maximum Gasteiger partial charge on any atom is 0.0387 e. The zero-order chi connectivity index (χ0) is 10.3. The van der Waals surface area contributed by atoms with Gasteiger partial charge in [0.25, 0.3) is 0 Å². The molecular formula is C10H15Br2N. The quantitative estimate of drug-likeness (QED) is 0.808. The summed E-state index contributed by atoms with van der Waals surface area (Å²) < 4.78 is 0. The molecule has 0 aliphatic carbocycles. The Morgan fingerprint density at radius 1 is 1.23 bits per heavy atom. The summed E-state index contributed by atoms with van der Waals surface area (Å²) in [6, 6.07) is 8.27. The van der Waals surface area contributed by atoms with Gasteiger partial charge in [0.1, 0.15) is 0 Å². The maximum atomic E-state index is 3.53. The van der Waals surface area contributed by atoms with Crippen LogP contribution in [0.4, 0.5) is 5.69 Å². The summed E-state index contributed by atoms with van der Waals surface area (Å²) >= 11 is 6.47. The lowest BCUT2D eigenvalue weighted by Crippen LogP contribution is -1.94. The van der Waals surface area contributed by atoms with Crippen molar-refractivity contribution in [3.8, 4) is 0 Å². The minimum absolute atomic E-state index is 0.408. The predicted octanol–water partition coefficient (Wildman–Crippen LogP) is 4.20. The molecule has 0 aliphatic rings. The van der Waals surface area contributed by atoms with E-state index >= 15 is 0 Å². The van der Waals surface area contributed by atoms with Crippen molar-refractivity contribution in [3.63, 3.8) is 0 Å². The third kappa shape index (κ3) is 4.14. The molecular weight excluding hydrogens is 294 g/mol. The predicted molar refractivity (Wildman–Crippen MR) is 68.2 cm³/mol. The first-order chi connectivity index (χ1) is 6.25. The molecule has 0 fully saturated rings. The average Bonchev–Trinajstić information content (AvgIpc) is 2.20. The van der Waals surface area contributed by atoms with Crippen molar-refractivity contribution in [1.29, 1.82) is 0 Å². The van der Waals surface area contributed by atoms with Crippen molar-refractivity contribution in [2.24, 2.45) is 0 Å². The Morgan fingerprint density at radius 2 is 1.77 bits per heavy atom. The van der Waals surface area contributed by atoms with Gasteiger partial charge in [0.2, 0.25) is 0 Å². The number of hydrogen-bond donors (Lipinski definition) is 1. The highest BCUT2D eigenvalue weighted by Gasteiger charge is 2.03. The molecule has 0 saturated heterocycles. The summed E-state index contributed by atoms with van der Waals surface area (Å²) in [7, 11) is 1.94. The second-order valence-electron chi connectivity index (χ2n) is 2.45. The first-order valence-electron chi connectivity index (χ1n) is 4.04. The molecule has 74 valence electrons. The molecule has 1 nitrogen and oxygen atoms in total. The molecule has 1 atom stereocenters. The Balaban J connectivity index is 0.000000671. The Morgan fingerprint density at radius 3 is 2.15 bits per heavy atom. The minimum Gasteiger partial charge on any atom is -0.388 e. The standard InChI is InChI=1S/C9H12BrN.CH3Br/c1-7(10)8-5-3-4-6-9(8)11-2;1-2/h3-7,11H,1-2H3;1H3. The van der Waals surface area contributed by atoms with Crippen LogP contribution in [0.1, 0.15) is 17.3 Å². The fraction of sp³-hybridized carbons (Fsp3) is 0.400. The van der Waals surface area contributed by atoms with Gasteiger partial charge in [-0.15, -0.1) is 0 Å². The first-order valence-corrected chi connectivity index (χ1v) is 6.54. The summed E-state index contributed by atoms with van der Waals surface area (Å²) in [6.45, 7) is 2.12. The van der Waals surface area contributed by atoms with E-state index in [2.05, 4.69) is 56.2 Å². The number of benzene rings is 1. The van der Waals surface area contributed by atoms with E-state index < -0.39 is 0 Å². The van der Waals surface area contributed by atoms with Gasteiger partial charge in [-0.3, -0.25) is 0 Å². The third-order valence-corrected chi connectivity index (χ3v) is 2.15. The monoisotopic (exact) mass is 307 g/mol. The lowest BCUT2D eigenvalue weighted by molar-refractivity contribution is 1.12. The lowest BCUT2D eigenvalue weighted by atomic mass is 10.1. The molecule has 0 amide bonds. The van der Waals surface area contributed by atoms with Crippen LogP contribution < -0.4 is 5.32 Å². The van der Waals surface area contributed by atoms with Crippen LogP contribution >= 0.6 is 31.9 Å². The molecule has 0 radical (unpaired) electrons. The first kappa shape index (κ1) is 13.0. The maximum absolute atomic E-state index is 3.53. The molecule has 0 saturated carbocycles. The smallest absolute Gasteiger partial charge is 0.0387 e. The summed E-state index contributed by atoms with van der Waals surface area (Å²) in [5, 5.41) is 3.15. The van der Waals surface area contributed by atoms with E-state index in [4.69, 9.17) is 0 Å². The highest BCUT2D eigenvalue weighted by molar-refractivity contribution is 9.09. The van der Waals surface area contributed by atoms with Gasteiger partial charge in [-0.25, -0.2) is 0 Å². The van der Waals surface area contributed by atoms with Crippen LogP contribution in [0.5, 0.6) is 0 Å². The van der Waals surface area contributed by atoms with E-state index in [0.29, 0.717) is 4.83 Å². The Kier molecular flexibility index (Phi) is 7.38. The number of nitrogens with one attached hydrogen (secondary N) is 1. The van der Waals surface area contributed by atoms with E-state index in [1.54, 1.807) is 0 Å². The molecule has 1 rings (SSSR count). The molecule has 3 heteroatoms. The Hall–Kier alpha value is -0.0200. The second kappa shape index (κ2) is 7.39. The molecule has 1 aromatic rings. The van der Waals surface area contributed by atoms with Gasteiger partial charge < -0.3 is 5.32 Å². The molecule has 0 aliphatic heterocycles. The topological polar surface area (TPSA) is 12.0 Å². The Labute approximate surface area is 97.2 Å². The van der Waals surface area contributed by atoms with Gasteiger partial charge >= 0.3 is 0 Å². The van der Waals surface area contributed by atoms with Crippen LogP contribution in [0.15, 0.2) is 24.3 Å². The van der Waals surface area contributed by atoms with Crippen LogP contribution in [-0.2, 0) is 0 Å². The van der Waals surface area contributed by atoms with Crippen molar-refractivity contribution >= 4 is 37.5 Å². The van der Waals surface area contributed by atoms with E-state index in [1.165, 1.54) is 11.3 Å². The molecule has 0 bridgehead atoms. The molecule has 13 heavy (non-hydrogen) atoms. The van der Waals surface area contributed by atoms with E-state index in [-0.39, 0.29) is 0 Å². The van der Waals surface area contributed by atoms with Gasteiger partial charge in [-0.1, -0.05) is 50.1 Å². The number of hydrogen-bond acceptors (Lipinski definition) is 1. The largest absolute Gasteiger partial charge is 0.388 e. The number of anilines is 1. The SMILES string of the molecule is CBr.CNc1ccccc1C(C)Br. The van der Waals surface area contributed by atoms with Gasteiger partial charge in [-0.2, -0.15) is 0 Å². The zero-order valence-electron chi connectivity index (χ0n) is 8.14. The van der Waals surface area contributed by atoms with E-state index in [1.807, 2.05) is 25.0 Å². The Bertz CT molecular complexity index is 236. The number of rotatable bonds is 2. The summed E-state index contributed by atoms with van der Waals surface area (Å²) in [4.78, 5) is 0.408. The molecule has 1 aromatic carbocycles. The number of alkyl halides is 2. The minimum atomic E-state index is 0.408. The normalized spacial score (nSPS) is 11.2. The molecule has 0 heterocycles. The van der Waals surface area contributed by atoms with Crippen molar-refractivity contribution in [3.05, 3.63) is 29.8 Å². The number of para-hydroxylation sites is 1. The number of halogens is 2. The summed E-state index contributed by atoms with van der Waals surface area (Å²) in [5.41, 5.74) is 2.49. The summed E-state index contributed by atoms with van der Waals surface area (Å²) in [5.74, 6) is 1.81. The van der Waals surface area contributed by atoms with Crippen molar-refractivity contribution in [2.75, 3.05) is 18.2 Å². The van der Waals surface area contributed by atoms with Crippen LogP contribution in [0.3, 0.4) is 0 Å². The molecule has 1 unspecified atom stereocenters. The van der Waals surface area contributed by atoms with E-state index in [9.17, 15) is 0 Å². The fourth-order valence-corrected chi connectivity index (χ4v) is 1.47. The lowest BCUT2D eigenvalue weighted by Gasteiger charge is -2.09. The van der Waals surface area contributed by atoms with Gasteiger partial charge in [0, 0.05) is 17.6 Å². The molecule has 0 aromatic heterocycles. The second-order valence-corrected chi connectivity index (χ2v) is 3.83. The van der Waals surface area contributed by atoms with E-state index in [0.717, 1.165) is 0 Å². The third-order valence-electron chi connectivity index (χ3n) is 1.66. The van der Waals surface area contributed by atoms with Gasteiger partial charge in [0.15, 0.2) is 0 Å². The van der Waals surface area contributed by atoms with Gasteiger partial charge in [0.05, 0.1) is 0 Å². The summed E-state index contributed by atoms with van der Waals surface area (Å²) in [6.07, 6.45) is 0. The molecule has 0 spiro atoms. The van der Waals surface area contributed by atoms with Crippen LogP contribution in [-0.4, -0.2) is 12.9 Å². The zero-order valence-corrected chi connectivity index (χ0v) is 11.3. The fourth-order valence-electron chi connectivity index (χ4n) is 1.07. The van der Waals surface area contributed by atoms with Crippen molar-refractivity contribution in [2.45, 2.75) is 11.8 Å². The highest BCUT2D eigenvalue weighted by atomic mass is 79.9. The van der Waals surface area contributed by atoms with Crippen LogP contribution in [0.2, 0.25) is 0 Å². The van der Waals surface area contributed by atoms with Gasteiger partial charge in [-0.05, 0) is 24.4 Å².